The van der Waals surface area contributed by atoms with Gasteiger partial charge in [0, 0.05) is 10.9 Å². The van der Waals surface area contributed by atoms with E-state index >= 15 is 0 Å². The lowest BCUT2D eigenvalue weighted by molar-refractivity contribution is 0.438. The van der Waals surface area contributed by atoms with E-state index in [1.54, 1.807) is 24.3 Å². The summed E-state index contributed by atoms with van der Waals surface area (Å²) < 4.78 is 19.4. The molecular weight excluding hydrogens is 319 g/mol. The van der Waals surface area contributed by atoms with Crippen LogP contribution in [0.1, 0.15) is 11.1 Å². The minimum absolute atomic E-state index is 0.210. The molecule has 18 heavy (non-hydrogen) atoms. The number of hydrogen-bond acceptors (Lipinski definition) is 1. The van der Waals surface area contributed by atoms with Crippen LogP contribution in [0.3, 0.4) is 0 Å². The molecule has 0 N–H and O–H groups in total. The van der Waals surface area contributed by atoms with Crippen molar-refractivity contribution in [1.29, 1.82) is 0 Å². The second-order valence-electron chi connectivity index (χ2n) is 3.90. The second-order valence-corrected chi connectivity index (χ2v) is 4.87. The Bertz CT molecular complexity index is 572. The van der Waals surface area contributed by atoms with Crippen LogP contribution >= 0.6 is 27.5 Å². The minimum atomic E-state index is -0.399. The lowest BCUT2D eigenvalue weighted by atomic mass is 10.2. The normalized spacial score (nSPS) is 10.4. The first-order valence-corrected chi connectivity index (χ1v) is 6.89. The fourth-order valence-corrected chi connectivity index (χ4v) is 2.17. The molecule has 0 heterocycles. The van der Waals surface area contributed by atoms with Gasteiger partial charge in [0.15, 0.2) is 11.6 Å². The van der Waals surface area contributed by atoms with Crippen LogP contribution in [0.5, 0.6) is 11.5 Å². The Kier molecular flexibility index (Phi) is 4.25. The predicted molar refractivity (Wildman–Crippen MR) is 75.3 cm³/mol. The van der Waals surface area contributed by atoms with Gasteiger partial charge in [-0.05, 0) is 30.7 Å². The largest absolute Gasteiger partial charge is 0.452 e. The Morgan fingerprint density at radius 1 is 1.28 bits per heavy atom. The highest BCUT2D eigenvalue weighted by Crippen LogP contribution is 2.34. The van der Waals surface area contributed by atoms with Gasteiger partial charge in [-0.3, -0.25) is 0 Å². The summed E-state index contributed by atoms with van der Waals surface area (Å²) >= 11 is 9.34. The maximum atomic E-state index is 13.8. The van der Waals surface area contributed by atoms with Crippen LogP contribution in [0.25, 0.3) is 0 Å². The van der Waals surface area contributed by atoms with Gasteiger partial charge in [0.2, 0.25) is 0 Å². The molecule has 0 aromatic heterocycles. The number of alkyl halides is 1. The fourth-order valence-electron chi connectivity index (χ4n) is 1.57. The van der Waals surface area contributed by atoms with Gasteiger partial charge in [-0.25, -0.2) is 4.39 Å². The molecule has 0 bridgehead atoms. The maximum Gasteiger partial charge on any atom is 0.167 e. The lowest BCUT2D eigenvalue weighted by Crippen LogP contribution is -1.94. The molecule has 0 aliphatic rings. The standard InChI is InChI=1S/C14H11BrClFO/c1-9-5-6-11(16)13(7-9)18-14-10(8-15)3-2-4-12(14)17/h2-7H,8H2,1H3. The van der Waals surface area contributed by atoms with Crippen molar-refractivity contribution in [3.8, 4) is 11.5 Å². The van der Waals surface area contributed by atoms with Crippen LogP contribution in [0, 0.1) is 12.7 Å². The van der Waals surface area contributed by atoms with E-state index in [9.17, 15) is 4.39 Å². The highest BCUT2D eigenvalue weighted by atomic mass is 79.9. The minimum Gasteiger partial charge on any atom is -0.452 e. The smallest absolute Gasteiger partial charge is 0.167 e. The van der Waals surface area contributed by atoms with Crippen molar-refractivity contribution < 1.29 is 9.13 Å². The van der Waals surface area contributed by atoms with Crippen molar-refractivity contribution in [2.45, 2.75) is 12.3 Å². The third-order valence-electron chi connectivity index (χ3n) is 2.49. The van der Waals surface area contributed by atoms with Gasteiger partial charge in [0.05, 0.1) is 5.02 Å². The first kappa shape index (κ1) is 13.4. The van der Waals surface area contributed by atoms with Crippen LogP contribution < -0.4 is 4.74 Å². The van der Waals surface area contributed by atoms with Crippen LogP contribution in [0.4, 0.5) is 4.39 Å². The summed E-state index contributed by atoms with van der Waals surface area (Å²) in [5, 5.41) is 0.980. The molecule has 0 fully saturated rings. The van der Waals surface area contributed by atoms with Gasteiger partial charge in [0.25, 0.3) is 0 Å². The van der Waals surface area contributed by atoms with Gasteiger partial charge in [0.1, 0.15) is 5.75 Å². The molecule has 0 saturated carbocycles. The summed E-state index contributed by atoms with van der Waals surface area (Å²) in [6, 6.07) is 10.2. The zero-order chi connectivity index (χ0) is 13.1. The molecule has 2 aromatic rings. The van der Waals surface area contributed by atoms with Crippen molar-refractivity contribution in [2.75, 3.05) is 0 Å². The van der Waals surface area contributed by atoms with E-state index in [0.29, 0.717) is 16.1 Å². The number of halogens is 3. The van der Waals surface area contributed by atoms with Crippen LogP contribution in [-0.4, -0.2) is 0 Å². The quantitative estimate of drug-likeness (QED) is 0.678. The van der Waals surface area contributed by atoms with Gasteiger partial charge in [-0.1, -0.05) is 45.7 Å². The highest BCUT2D eigenvalue weighted by molar-refractivity contribution is 9.08. The van der Waals surface area contributed by atoms with E-state index in [1.807, 2.05) is 13.0 Å². The summed E-state index contributed by atoms with van der Waals surface area (Å²) in [7, 11) is 0. The molecule has 1 nitrogen and oxygen atoms in total. The average Bonchev–Trinajstić information content (AvgIpc) is 2.36. The average molecular weight is 330 g/mol. The Morgan fingerprint density at radius 2 is 2.06 bits per heavy atom. The van der Waals surface area contributed by atoms with Gasteiger partial charge in [-0.15, -0.1) is 0 Å². The SMILES string of the molecule is Cc1ccc(Cl)c(Oc2c(F)cccc2CBr)c1. The molecule has 0 amide bonds. The molecule has 0 aliphatic heterocycles. The second kappa shape index (κ2) is 5.72. The lowest BCUT2D eigenvalue weighted by Gasteiger charge is -2.12. The summed E-state index contributed by atoms with van der Waals surface area (Å²) in [5.74, 6) is 0.273. The van der Waals surface area contributed by atoms with Crippen molar-refractivity contribution in [3.05, 3.63) is 58.4 Å². The Morgan fingerprint density at radius 3 is 2.78 bits per heavy atom. The Hall–Kier alpha value is -1.06. The molecule has 2 rings (SSSR count). The van der Waals surface area contributed by atoms with Crippen LogP contribution in [0.15, 0.2) is 36.4 Å². The van der Waals surface area contributed by atoms with Crippen LogP contribution in [0.2, 0.25) is 5.02 Å². The third kappa shape index (κ3) is 2.85. The molecule has 94 valence electrons. The van der Waals surface area contributed by atoms with Crippen molar-refractivity contribution >= 4 is 27.5 Å². The molecule has 0 aliphatic carbocycles. The van der Waals surface area contributed by atoms with E-state index in [-0.39, 0.29) is 5.75 Å². The predicted octanol–water partition coefficient (Wildman–Crippen LogP) is 5.47. The van der Waals surface area contributed by atoms with E-state index < -0.39 is 5.82 Å². The number of ether oxygens (including phenoxy) is 1. The number of aryl methyl sites for hydroxylation is 1. The molecule has 2 aromatic carbocycles. The summed E-state index contributed by atoms with van der Waals surface area (Å²) in [6.45, 7) is 1.93. The molecule has 0 atom stereocenters. The molecule has 0 saturated heterocycles. The topological polar surface area (TPSA) is 9.23 Å². The fraction of sp³-hybridized carbons (Fsp3) is 0.143. The van der Waals surface area contributed by atoms with Crippen LogP contribution in [-0.2, 0) is 5.33 Å². The number of hydrogen-bond donors (Lipinski definition) is 0. The highest BCUT2D eigenvalue weighted by Gasteiger charge is 2.12. The molecule has 0 unspecified atom stereocenters. The van der Waals surface area contributed by atoms with E-state index in [2.05, 4.69) is 15.9 Å². The molecular formula is C14H11BrClFO. The van der Waals surface area contributed by atoms with Gasteiger partial charge < -0.3 is 4.74 Å². The van der Waals surface area contributed by atoms with E-state index in [4.69, 9.17) is 16.3 Å². The molecule has 0 spiro atoms. The first-order valence-electron chi connectivity index (χ1n) is 5.39. The summed E-state index contributed by atoms with van der Waals surface area (Å²) in [6.07, 6.45) is 0. The van der Waals surface area contributed by atoms with Crippen molar-refractivity contribution in [3.63, 3.8) is 0 Å². The number of benzene rings is 2. The van der Waals surface area contributed by atoms with Gasteiger partial charge >= 0.3 is 0 Å². The Balaban J connectivity index is 2.42. The van der Waals surface area contributed by atoms with Crippen molar-refractivity contribution in [2.24, 2.45) is 0 Å². The Labute approximate surface area is 119 Å². The monoisotopic (exact) mass is 328 g/mol. The molecule has 0 radical (unpaired) electrons. The zero-order valence-corrected chi connectivity index (χ0v) is 12.1. The van der Waals surface area contributed by atoms with E-state index in [0.717, 1.165) is 11.1 Å². The maximum absolute atomic E-state index is 13.8. The summed E-state index contributed by atoms with van der Waals surface area (Å²) in [5.41, 5.74) is 1.75. The van der Waals surface area contributed by atoms with E-state index in [1.165, 1.54) is 6.07 Å². The number of rotatable bonds is 3. The first-order chi connectivity index (χ1) is 8.61. The zero-order valence-electron chi connectivity index (χ0n) is 9.71. The van der Waals surface area contributed by atoms with Gasteiger partial charge in [-0.2, -0.15) is 0 Å². The third-order valence-corrected chi connectivity index (χ3v) is 3.41. The summed E-state index contributed by atoms with van der Waals surface area (Å²) in [4.78, 5) is 0. The molecule has 4 heteroatoms. The number of para-hydroxylation sites is 1. The van der Waals surface area contributed by atoms with Crippen molar-refractivity contribution in [1.82, 2.24) is 0 Å².